The van der Waals surface area contributed by atoms with E-state index >= 15 is 0 Å². The second-order valence-electron chi connectivity index (χ2n) is 4.77. The molecule has 1 fully saturated rings. The largest absolute Gasteiger partial charge is 0.317 e. The molecule has 0 saturated heterocycles. The monoisotopic (exact) mass is 351 g/mol. The molecule has 1 aliphatic rings. The number of nitrogens with zero attached hydrogens (tertiary/aromatic N) is 3. The van der Waals surface area contributed by atoms with Crippen LogP contribution in [0.4, 0.5) is 0 Å². The average Bonchev–Trinajstić information content (AvgIpc) is 2.70. The van der Waals surface area contributed by atoms with E-state index in [1.165, 1.54) is 4.68 Å². The van der Waals surface area contributed by atoms with Gasteiger partial charge >= 0.3 is 0 Å². The molecule has 1 aliphatic carbocycles. The molecule has 0 atom stereocenters. The Labute approximate surface area is 121 Å². The molecule has 0 amide bonds. The lowest BCUT2D eigenvalue weighted by Crippen LogP contribution is -2.41. The minimum atomic E-state index is -3.58. The predicted octanol–water partition coefficient (Wildman–Crippen LogP) is 0.386. The van der Waals surface area contributed by atoms with Crippen LogP contribution in [0.5, 0.6) is 0 Å². The molecule has 19 heavy (non-hydrogen) atoms. The second kappa shape index (κ2) is 5.86. The van der Waals surface area contributed by atoms with Gasteiger partial charge in [-0.15, -0.1) is 5.10 Å². The maximum atomic E-state index is 12.3. The van der Waals surface area contributed by atoms with Crippen LogP contribution < -0.4 is 10.0 Å². The molecule has 2 N–H and O–H groups in total. The zero-order valence-electron chi connectivity index (χ0n) is 10.9. The molecule has 9 heteroatoms. The minimum Gasteiger partial charge on any atom is -0.317 e. The number of hydrogen-bond donors (Lipinski definition) is 2. The summed E-state index contributed by atoms with van der Waals surface area (Å²) in [6.07, 6.45) is 3.64. The third-order valence-corrected chi connectivity index (χ3v) is 5.86. The summed E-state index contributed by atoms with van der Waals surface area (Å²) < 4.78 is 28.8. The van der Waals surface area contributed by atoms with E-state index in [4.69, 9.17) is 0 Å². The highest BCUT2D eigenvalue weighted by Crippen LogP contribution is 2.22. The maximum Gasteiger partial charge on any atom is 0.260 e. The molecule has 0 bridgehead atoms. The quantitative estimate of drug-likeness (QED) is 0.818. The first-order valence-electron chi connectivity index (χ1n) is 6.19. The zero-order valence-corrected chi connectivity index (χ0v) is 13.3. The molecule has 1 saturated carbocycles. The summed E-state index contributed by atoms with van der Waals surface area (Å²) in [4.78, 5) is 0. The van der Waals surface area contributed by atoms with Gasteiger partial charge in [-0.25, -0.2) is 17.8 Å². The number of nitrogens with one attached hydrogen (secondary N) is 2. The molecule has 1 heterocycles. The van der Waals surface area contributed by atoms with E-state index in [0.717, 1.165) is 25.7 Å². The molecule has 1 aromatic heterocycles. The van der Waals surface area contributed by atoms with Gasteiger partial charge in [-0.05, 0) is 48.7 Å². The number of rotatable bonds is 4. The van der Waals surface area contributed by atoms with Gasteiger partial charge in [0.2, 0.25) is 5.03 Å². The van der Waals surface area contributed by atoms with Crippen LogP contribution in [0.2, 0.25) is 0 Å². The van der Waals surface area contributed by atoms with Crippen LogP contribution in [0, 0.1) is 0 Å². The van der Waals surface area contributed by atoms with Crippen molar-refractivity contribution in [1.29, 1.82) is 0 Å². The van der Waals surface area contributed by atoms with E-state index in [9.17, 15) is 8.42 Å². The van der Waals surface area contributed by atoms with Gasteiger partial charge in [-0.2, -0.15) is 0 Å². The fourth-order valence-electron chi connectivity index (χ4n) is 2.38. The van der Waals surface area contributed by atoms with Crippen LogP contribution in [0.3, 0.4) is 0 Å². The number of aromatic nitrogens is 3. The Morgan fingerprint density at radius 1 is 1.26 bits per heavy atom. The zero-order chi connectivity index (χ0) is 14.0. The SMILES string of the molecule is CNC1CCC(NS(=O)(=O)c2c(Br)nnn2C)CC1. The van der Waals surface area contributed by atoms with Crippen LogP contribution >= 0.6 is 15.9 Å². The lowest BCUT2D eigenvalue weighted by atomic mass is 9.92. The van der Waals surface area contributed by atoms with Gasteiger partial charge < -0.3 is 5.32 Å². The van der Waals surface area contributed by atoms with Crippen molar-refractivity contribution >= 4 is 26.0 Å². The highest BCUT2D eigenvalue weighted by molar-refractivity contribution is 9.10. The second-order valence-corrected chi connectivity index (χ2v) is 7.15. The van der Waals surface area contributed by atoms with Crippen molar-refractivity contribution in [2.45, 2.75) is 42.8 Å². The van der Waals surface area contributed by atoms with Crippen molar-refractivity contribution < 1.29 is 8.42 Å². The minimum absolute atomic E-state index is 0.0172. The van der Waals surface area contributed by atoms with Gasteiger partial charge in [-0.3, -0.25) is 0 Å². The van der Waals surface area contributed by atoms with E-state index in [2.05, 4.69) is 36.3 Å². The number of sulfonamides is 1. The van der Waals surface area contributed by atoms with Gasteiger partial charge in [0.1, 0.15) is 0 Å². The number of aryl methyl sites for hydroxylation is 1. The molecule has 0 unspecified atom stereocenters. The van der Waals surface area contributed by atoms with Crippen LogP contribution in [0.1, 0.15) is 25.7 Å². The van der Waals surface area contributed by atoms with Crippen LogP contribution in [0.15, 0.2) is 9.63 Å². The predicted molar refractivity (Wildman–Crippen MR) is 74.1 cm³/mol. The molecule has 108 valence electrons. The molecule has 7 nitrogen and oxygen atoms in total. The Kier molecular flexibility index (Phi) is 4.59. The Morgan fingerprint density at radius 2 is 1.84 bits per heavy atom. The van der Waals surface area contributed by atoms with Crippen molar-refractivity contribution in [3.05, 3.63) is 4.60 Å². The first-order chi connectivity index (χ1) is 8.94. The number of halogens is 1. The fourth-order valence-corrected chi connectivity index (χ4v) is 4.78. The third-order valence-electron chi connectivity index (χ3n) is 3.45. The first-order valence-corrected chi connectivity index (χ1v) is 8.46. The summed E-state index contributed by atoms with van der Waals surface area (Å²) in [7, 11) is -0.0836. The summed E-state index contributed by atoms with van der Waals surface area (Å²) in [6.45, 7) is 0. The first kappa shape index (κ1) is 14.9. The van der Waals surface area contributed by atoms with Crippen LogP contribution in [-0.2, 0) is 17.1 Å². The highest BCUT2D eigenvalue weighted by Gasteiger charge is 2.29. The lowest BCUT2D eigenvalue weighted by molar-refractivity contribution is 0.342. The van der Waals surface area contributed by atoms with E-state index in [1.807, 2.05) is 7.05 Å². The standard InChI is InChI=1S/C10H18BrN5O2S/c1-12-7-3-5-8(6-4-7)14-19(17,18)10-9(11)13-15-16(10)2/h7-8,12,14H,3-6H2,1-2H3. The number of hydrogen-bond acceptors (Lipinski definition) is 5. The van der Waals surface area contributed by atoms with Crippen molar-refractivity contribution in [3.63, 3.8) is 0 Å². The van der Waals surface area contributed by atoms with Gasteiger partial charge in [0, 0.05) is 19.1 Å². The fraction of sp³-hybridized carbons (Fsp3) is 0.800. The smallest absolute Gasteiger partial charge is 0.260 e. The molecular formula is C10H18BrN5O2S. The Balaban J connectivity index is 2.07. The Bertz CT molecular complexity index is 517. The average molecular weight is 352 g/mol. The van der Waals surface area contributed by atoms with Crippen molar-refractivity contribution in [1.82, 2.24) is 25.0 Å². The summed E-state index contributed by atoms with van der Waals surface area (Å²) in [5.41, 5.74) is 0. The normalized spacial score (nSPS) is 24.6. The molecule has 0 aliphatic heterocycles. The Morgan fingerprint density at radius 3 is 2.32 bits per heavy atom. The maximum absolute atomic E-state index is 12.3. The van der Waals surface area contributed by atoms with Gasteiger partial charge in [0.25, 0.3) is 10.0 Å². The van der Waals surface area contributed by atoms with Crippen LogP contribution in [0.25, 0.3) is 0 Å². The van der Waals surface area contributed by atoms with Crippen molar-refractivity contribution in [3.8, 4) is 0 Å². The van der Waals surface area contributed by atoms with Gasteiger partial charge in [0.05, 0.1) is 0 Å². The third kappa shape index (κ3) is 3.33. The van der Waals surface area contributed by atoms with E-state index in [-0.39, 0.29) is 15.7 Å². The highest BCUT2D eigenvalue weighted by atomic mass is 79.9. The topological polar surface area (TPSA) is 88.9 Å². The van der Waals surface area contributed by atoms with Gasteiger partial charge in [-0.1, -0.05) is 5.21 Å². The summed E-state index contributed by atoms with van der Waals surface area (Å²) in [5.74, 6) is 0. The van der Waals surface area contributed by atoms with E-state index in [1.54, 1.807) is 7.05 Å². The van der Waals surface area contributed by atoms with Crippen LogP contribution in [-0.4, -0.2) is 42.5 Å². The summed E-state index contributed by atoms with van der Waals surface area (Å²) in [6, 6.07) is 0.474. The lowest BCUT2D eigenvalue weighted by Gasteiger charge is -2.28. The molecule has 1 aromatic rings. The summed E-state index contributed by atoms with van der Waals surface area (Å²) >= 11 is 3.11. The summed E-state index contributed by atoms with van der Waals surface area (Å²) in [5, 5.41) is 10.7. The molecule has 0 aromatic carbocycles. The molecule has 2 rings (SSSR count). The van der Waals surface area contributed by atoms with E-state index in [0.29, 0.717) is 6.04 Å². The molecule has 0 radical (unpaired) electrons. The molecule has 0 spiro atoms. The van der Waals surface area contributed by atoms with Gasteiger partial charge in [0.15, 0.2) is 4.60 Å². The van der Waals surface area contributed by atoms with Crippen molar-refractivity contribution in [2.75, 3.05) is 7.05 Å². The molecular weight excluding hydrogens is 334 g/mol. The Hall–Kier alpha value is -0.510. The van der Waals surface area contributed by atoms with Crippen molar-refractivity contribution in [2.24, 2.45) is 7.05 Å². The van der Waals surface area contributed by atoms with E-state index < -0.39 is 10.0 Å².